The minimum atomic E-state index is 0.731. The smallest absolute Gasteiger partial charge is 0.117 e. The molecule has 0 aliphatic carbocycles. The van der Waals surface area contributed by atoms with Gasteiger partial charge in [0.05, 0.1) is 6.20 Å². The van der Waals surface area contributed by atoms with Crippen LogP contribution in [0.15, 0.2) is 12.3 Å². The SMILES string of the molecule is Clc1cnc(/C=C/CBr)s1. The lowest BCUT2D eigenvalue weighted by molar-refractivity contribution is 1.39. The molecule has 10 heavy (non-hydrogen) atoms. The van der Waals surface area contributed by atoms with E-state index in [1.807, 2.05) is 12.2 Å². The molecule has 0 bridgehead atoms. The second kappa shape index (κ2) is 4.11. The van der Waals surface area contributed by atoms with Crippen molar-refractivity contribution in [2.24, 2.45) is 0 Å². The molecule has 4 heteroatoms. The van der Waals surface area contributed by atoms with Crippen molar-refractivity contribution >= 4 is 44.9 Å². The predicted octanol–water partition coefficient (Wildman–Crippen LogP) is 3.20. The molecule has 0 aliphatic rings. The van der Waals surface area contributed by atoms with Crippen LogP contribution in [0.1, 0.15) is 5.01 Å². The molecule has 1 heterocycles. The molecule has 0 aromatic carbocycles. The van der Waals surface area contributed by atoms with Crippen molar-refractivity contribution in [1.29, 1.82) is 0 Å². The highest BCUT2D eigenvalue weighted by Crippen LogP contribution is 2.18. The Hall–Kier alpha value is 0.140. The number of hydrogen-bond acceptors (Lipinski definition) is 2. The molecule has 0 unspecified atom stereocenters. The number of rotatable bonds is 2. The second-order valence-corrected chi connectivity index (χ2v) is 3.90. The summed E-state index contributed by atoms with van der Waals surface area (Å²) in [7, 11) is 0. The summed E-state index contributed by atoms with van der Waals surface area (Å²) >= 11 is 10.4. The monoisotopic (exact) mass is 237 g/mol. The first kappa shape index (κ1) is 8.24. The average molecular weight is 239 g/mol. The fraction of sp³-hybridized carbons (Fsp3) is 0.167. The molecule has 0 atom stereocenters. The van der Waals surface area contributed by atoms with E-state index in [1.165, 1.54) is 11.3 Å². The third kappa shape index (κ3) is 2.40. The van der Waals surface area contributed by atoms with Crippen molar-refractivity contribution in [3.05, 3.63) is 21.6 Å². The number of hydrogen-bond donors (Lipinski definition) is 0. The molecule has 1 aromatic rings. The van der Waals surface area contributed by atoms with Crippen molar-refractivity contribution in [1.82, 2.24) is 4.98 Å². The number of aromatic nitrogens is 1. The summed E-state index contributed by atoms with van der Waals surface area (Å²) < 4.78 is 0.731. The van der Waals surface area contributed by atoms with Gasteiger partial charge in [-0.1, -0.05) is 33.6 Å². The summed E-state index contributed by atoms with van der Waals surface area (Å²) in [5.74, 6) is 0. The quantitative estimate of drug-likeness (QED) is 0.721. The first-order chi connectivity index (χ1) is 4.83. The molecule has 0 fully saturated rings. The van der Waals surface area contributed by atoms with Crippen LogP contribution in [-0.4, -0.2) is 10.3 Å². The topological polar surface area (TPSA) is 12.9 Å². The van der Waals surface area contributed by atoms with Gasteiger partial charge in [0.1, 0.15) is 9.34 Å². The fourth-order valence-corrected chi connectivity index (χ4v) is 1.54. The largest absolute Gasteiger partial charge is 0.244 e. The van der Waals surface area contributed by atoms with Crippen molar-refractivity contribution in [3.63, 3.8) is 0 Å². The maximum Gasteiger partial charge on any atom is 0.117 e. The van der Waals surface area contributed by atoms with E-state index in [2.05, 4.69) is 20.9 Å². The van der Waals surface area contributed by atoms with Gasteiger partial charge in [0.2, 0.25) is 0 Å². The minimum Gasteiger partial charge on any atom is -0.244 e. The molecule has 1 aromatic heterocycles. The molecule has 1 rings (SSSR count). The lowest BCUT2D eigenvalue weighted by Gasteiger charge is -1.77. The Morgan fingerprint density at radius 1 is 1.80 bits per heavy atom. The van der Waals surface area contributed by atoms with Crippen molar-refractivity contribution in [2.45, 2.75) is 0 Å². The molecule has 0 radical (unpaired) electrons. The van der Waals surface area contributed by atoms with E-state index < -0.39 is 0 Å². The summed E-state index contributed by atoms with van der Waals surface area (Å²) in [6.07, 6.45) is 5.57. The number of halogens is 2. The average Bonchev–Trinajstić information content (AvgIpc) is 2.31. The Kier molecular flexibility index (Phi) is 3.39. The van der Waals surface area contributed by atoms with Crippen LogP contribution in [-0.2, 0) is 0 Å². The fourth-order valence-electron chi connectivity index (χ4n) is 0.489. The van der Waals surface area contributed by atoms with Gasteiger partial charge < -0.3 is 0 Å². The van der Waals surface area contributed by atoms with Crippen LogP contribution in [0.4, 0.5) is 0 Å². The molecule has 0 saturated carbocycles. The van der Waals surface area contributed by atoms with Crippen LogP contribution in [0.2, 0.25) is 4.34 Å². The van der Waals surface area contributed by atoms with E-state index in [9.17, 15) is 0 Å². The van der Waals surface area contributed by atoms with Crippen LogP contribution < -0.4 is 0 Å². The van der Waals surface area contributed by atoms with Gasteiger partial charge in [-0.3, -0.25) is 0 Å². The molecule has 0 N–H and O–H groups in total. The molecular weight excluding hydrogens is 233 g/mol. The van der Waals surface area contributed by atoms with E-state index in [4.69, 9.17) is 11.6 Å². The zero-order valence-electron chi connectivity index (χ0n) is 5.05. The highest BCUT2D eigenvalue weighted by Gasteiger charge is 1.92. The number of alkyl halides is 1. The van der Waals surface area contributed by atoms with Crippen molar-refractivity contribution in [3.8, 4) is 0 Å². The van der Waals surface area contributed by atoms with E-state index in [0.29, 0.717) is 0 Å². The summed E-state index contributed by atoms with van der Waals surface area (Å²) in [5.41, 5.74) is 0. The lowest BCUT2D eigenvalue weighted by Crippen LogP contribution is -1.64. The summed E-state index contributed by atoms with van der Waals surface area (Å²) in [6, 6.07) is 0. The lowest BCUT2D eigenvalue weighted by atomic mass is 10.5. The molecule has 0 amide bonds. The Morgan fingerprint density at radius 3 is 3.10 bits per heavy atom. The van der Waals surface area contributed by atoms with Crippen LogP contribution in [0.5, 0.6) is 0 Å². The van der Waals surface area contributed by atoms with Crippen molar-refractivity contribution in [2.75, 3.05) is 5.33 Å². The van der Waals surface area contributed by atoms with Gasteiger partial charge in [-0.25, -0.2) is 4.98 Å². The zero-order chi connectivity index (χ0) is 7.40. The van der Waals surface area contributed by atoms with Crippen LogP contribution in [0.25, 0.3) is 6.08 Å². The Morgan fingerprint density at radius 2 is 2.60 bits per heavy atom. The normalized spacial score (nSPS) is 11.0. The molecule has 0 saturated heterocycles. The standard InChI is InChI=1S/C6H5BrClNS/c7-3-1-2-6-9-4-5(8)10-6/h1-2,4H,3H2/b2-1+. The summed E-state index contributed by atoms with van der Waals surface area (Å²) in [6.45, 7) is 0. The molecule has 1 nitrogen and oxygen atoms in total. The van der Waals surface area contributed by atoms with E-state index >= 15 is 0 Å². The maximum absolute atomic E-state index is 5.65. The Balaban J connectivity index is 2.67. The predicted molar refractivity (Wildman–Crippen MR) is 50.0 cm³/mol. The third-order valence-electron chi connectivity index (χ3n) is 0.845. The van der Waals surface area contributed by atoms with Gasteiger partial charge in [-0.15, -0.1) is 11.3 Å². The van der Waals surface area contributed by atoms with E-state index in [-0.39, 0.29) is 0 Å². The van der Waals surface area contributed by atoms with Gasteiger partial charge in [-0.05, 0) is 6.08 Å². The summed E-state index contributed by atoms with van der Waals surface area (Å²) in [4.78, 5) is 4.03. The van der Waals surface area contributed by atoms with Gasteiger partial charge in [0.15, 0.2) is 0 Å². The molecule has 54 valence electrons. The van der Waals surface area contributed by atoms with Gasteiger partial charge in [0, 0.05) is 5.33 Å². The van der Waals surface area contributed by atoms with Gasteiger partial charge in [0.25, 0.3) is 0 Å². The first-order valence-electron chi connectivity index (χ1n) is 2.67. The highest BCUT2D eigenvalue weighted by molar-refractivity contribution is 9.09. The highest BCUT2D eigenvalue weighted by atomic mass is 79.9. The third-order valence-corrected chi connectivity index (χ3v) is 2.30. The van der Waals surface area contributed by atoms with Crippen LogP contribution in [0.3, 0.4) is 0 Å². The number of allylic oxidation sites excluding steroid dienone is 1. The van der Waals surface area contributed by atoms with Crippen LogP contribution in [0, 0.1) is 0 Å². The Bertz CT molecular complexity index is 233. The zero-order valence-corrected chi connectivity index (χ0v) is 8.21. The first-order valence-corrected chi connectivity index (χ1v) is 4.98. The van der Waals surface area contributed by atoms with Gasteiger partial charge in [-0.2, -0.15) is 0 Å². The second-order valence-electron chi connectivity index (χ2n) is 1.56. The van der Waals surface area contributed by atoms with Gasteiger partial charge >= 0.3 is 0 Å². The van der Waals surface area contributed by atoms with E-state index in [0.717, 1.165) is 14.7 Å². The number of nitrogens with zero attached hydrogens (tertiary/aromatic N) is 1. The van der Waals surface area contributed by atoms with Crippen molar-refractivity contribution < 1.29 is 0 Å². The molecule has 0 aliphatic heterocycles. The minimum absolute atomic E-state index is 0.731. The summed E-state index contributed by atoms with van der Waals surface area (Å²) in [5, 5.41) is 1.80. The maximum atomic E-state index is 5.65. The Labute approximate surface area is 76.9 Å². The number of thiazole rings is 1. The molecular formula is C6H5BrClNS. The van der Waals surface area contributed by atoms with Crippen LogP contribution >= 0.6 is 38.9 Å². The van der Waals surface area contributed by atoms with E-state index in [1.54, 1.807) is 6.20 Å². The molecule has 0 spiro atoms.